The number of aldehydes is 1. The zero-order chi connectivity index (χ0) is 18.6. The van der Waals surface area contributed by atoms with Crippen LogP contribution in [0.5, 0.6) is 0 Å². The number of halogens is 3. The maximum atomic E-state index is 11.2. The highest BCUT2D eigenvalue weighted by molar-refractivity contribution is 9.10. The smallest absolute Gasteiger partial charge is 0.219 e. The Labute approximate surface area is 162 Å². The molecule has 0 spiro atoms. The van der Waals surface area contributed by atoms with Gasteiger partial charge in [0.05, 0.1) is 5.39 Å². The first kappa shape index (κ1) is 19.9. The van der Waals surface area contributed by atoms with Crippen LogP contribution >= 0.6 is 31.9 Å². The van der Waals surface area contributed by atoms with Gasteiger partial charge in [-0.2, -0.15) is 4.57 Å². The van der Waals surface area contributed by atoms with Crippen LogP contribution in [0, 0.1) is 10.2 Å². The van der Waals surface area contributed by atoms with Crippen molar-refractivity contribution in [2.45, 2.75) is 0 Å². The van der Waals surface area contributed by atoms with Crippen LogP contribution in [0.4, 0.5) is 0 Å². The lowest BCUT2D eigenvalue weighted by molar-refractivity contribution is -2.00. The molecular formula is C16H10Br2ClNO5. The molecule has 0 amide bonds. The molecule has 0 aliphatic carbocycles. The number of nitrogens with zero attached hydrogens (tertiary/aromatic N) is 1. The van der Waals surface area contributed by atoms with Gasteiger partial charge in [-0.15, -0.1) is 10.2 Å². The van der Waals surface area contributed by atoms with Gasteiger partial charge in [-0.05, 0) is 24.3 Å². The van der Waals surface area contributed by atoms with E-state index >= 15 is 0 Å². The fourth-order valence-corrected chi connectivity index (χ4v) is 2.83. The summed E-state index contributed by atoms with van der Waals surface area (Å²) in [5, 5.41) is 0.930. The lowest BCUT2D eigenvalue weighted by atomic mass is 10.1. The summed E-state index contributed by atoms with van der Waals surface area (Å²) in [7, 11) is -4.94. The first-order valence-corrected chi connectivity index (χ1v) is 9.48. The highest BCUT2D eigenvalue weighted by Gasteiger charge is 2.15. The van der Waals surface area contributed by atoms with Crippen molar-refractivity contribution in [3.8, 4) is 5.69 Å². The van der Waals surface area contributed by atoms with E-state index < -0.39 is 10.2 Å². The molecular weight excluding hydrogens is 481 g/mol. The Morgan fingerprint density at radius 1 is 0.880 bits per heavy atom. The first-order valence-electron chi connectivity index (χ1n) is 6.66. The lowest BCUT2D eigenvalue weighted by Crippen LogP contribution is -2.68. The van der Waals surface area contributed by atoms with E-state index in [0.717, 1.165) is 31.8 Å². The molecule has 0 unspecified atom stereocenters. The molecule has 0 fully saturated rings. The van der Waals surface area contributed by atoms with E-state index in [2.05, 4.69) is 36.4 Å². The van der Waals surface area contributed by atoms with Crippen LogP contribution in [-0.2, 0) is 0 Å². The van der Waals surface area contributed by atoms with Gasteiger partial charge in [0, 0.05) is 38.8 Å². The Bertz CT molecular complexity index is 891. The molecule has 0 saturated carbocycles. The number of aromatic nitrogens is 1. The van der Waals surface area contributed by atoms with Gasteiger partial charge in [-0.1, -0.05) is 31.9 Å². The van der Waals surface area contributed by atoms with Crippen molar-refractivity contribution in [3.63, 3.8) is 0 Å². The number of fused-ring (bicyclic) bond motifs is 1. The minimum absolute atomic E-state index is 0.690. The molecule has 0 bridgehead atoms. The summed E-state index contributed by atoms with van der Waals surface area (Å²) in [5.41, 5.74) is 2.74. The van der Waals surface area contributed by atoms with Gasteiger partial charge < -0.3 is 0 Å². The molecule has 0 saturated heterocycles. The number of hydrogen-bond acceptors (Lipinski definition) is 5. The third kappa shape index (κ3) is 5.82. The van der Waals surface area contributed by atoms with E-state index in [0.29, 0.717) is 5.56 Å². The van der Waals surface area contributed by atoms with Crippen molar-refractivity contribution in [2.75, 3.05) is 0 Å². The van der Waals surface area contributed by atoms with Crippen LogP contribution in [0.25, 0.3) is 16.6 Å². The Hall–Kier alpha value is -1.39. The zero-order valence-electron chi connectivity index (χ0n) is 12.4. The third-order valence-corrected chi connectivity index (χ3v) is 4.19. The van der Waals surface area contributed by atoms with Crippen LogP contribution in [-0.4, -0.2) is 6.29 Å². The second-order valence-corrected chi connectivity index (χ2v) is 7.36. The van der Waals surface area contributed by atoms with Gasteiger partial charge in [0.25, 0.3) is 0 Å². The molecule has 1 heterocycles. The van der Waals surface area contributed by atoms with Gasteiger partial charge in [0.15, 0.2) is 12.5 Å². The highest BCUT2D eigenvalue weighted by atomic mass is 79.9. The lowest BCUT2D eigenvalue weighted by Gasteiger charge is -2.17. The maximum absolute atomic E-state index is 11.2. The monoisotopic (exact) mass is 489 g/mol. The second kappa shape index (κ2) is 8.33. The molecule has 2 aromatic carbocycles. The van der Waals surface area contributed by atoms with E-state index in [1.54, 1.807) is 0 Å². The van der Waals surface area contributed by atoms with Crippen molar-refractivity contribution < 1.29 is 38.2 Å². The molecule has 0 atom stereocenters. The summed E-state index contributed by atoms with van der Waals surface area (Å²) >= 11 is 6.89. The summed E-state index contributed by atoms with van der Waals surface area (Å²) in [5.74, 6) is 0. The largest absolute Gasteiger partial charge is 0.298 e. The fraction of sp³-hybridized carbons (Fsp3) is 0. The van der Waals surface area contributed by atoms with Crippen molar-refractivity contribution in [1.82, 2.24) is 0 Å². The number of hydrogen-bond donors (Lipinski definition) is 0. The van der Waals surface area contributed by atoms with Crippen LogP contribution < -0.4 is 23.2 Å². The Balaban J connectivity index is 0.000000399. The van der Waals surface area contributed by atoms with Crippen molar-refractivity contribution >= 4 is 49.0 Å². The fourth-order valence-electron chi connectivity index (χ4n) is 2.20. The number of rotatable bonds is 2. The summed E-state index contributed by atoms with van der Waals surface area (Å²) in [4.78, 5) is 11.2. The molecule has 0 aliphatic heterocycles. The molecule has 0 radical (unpaired) electrons. The second-order valence-electron chi connectivity index (χ2n) is 4.77. The molecule has 0 aliphatic rings. The van der Waals surface area contributed by atoms with Crippen LogP contribution in [0.1, 0.15) is 10.4 Å². The van der Waals surface area contributed by atoms with Crippen LogP contribution in [0.2, 0.25) is 0 Å². The molecule has 6 nitrogen and oxygen atoms in total. The van der Waals surface area contributed by atoms with E-state index in [1.807, 2.05) is 54.7 Å². The van der Waals surface area contributed by atoms with Crippen LogP contribution in [0.15, 0.2) is 63.7 Å². The molecule has 0 N–H and O–H groups in total. The average molecular weight is 492 g/mol. The topological polar surface area (TPSA) is 113 Å². The predicted octanol–water partition coefficient (Wildman–Crippen LogP) is -0.302. The van der Waals surface area contributed by atoms with Crippen molar-refractivity contribution in [3.05, 3.63) is 69.2 Å². The van der Waals surface area contributed by atoms with E-state index in [4.69, 9.17) is 18.6 Å². The van der Waals surface area contributed by atoms with E-state index in [9.17, 15) is 4.79 Å². The minimum Gasteiger partial charge on any atom is -0.298 e. The first-order chi connectivity index (χ1) is 11.7. The number of carbonyl (C=O) groups excluding carboxylic acids is 1. The summed E-state index contributed by atoms with van der Waals surface area (Å²) in [6, 6.07) is 15.9. The highest BCUT2D eigenvalue weighted by Crippen LogP contribution is 2.21. The molecule has 1 aromatic heterocycles. The van der Waals surface area contributed by atoms with Crippen molar-refractivity contribution in [2.24, 2.45) is 0 Å². The van der Waals surface area contributed by atoms with Crippen LogP contribution in [0.3, 0.4) is 0 Å². The normalized spacial score (nSPS) is 11.0. The van der Waals surface area contributed by atoms with Gasteiger partial charge in [-0.25, -0.2) is 18.6 Å². The van der Waals surface area contributed by atoms with Gasteiger partial charge in [0.2, 0.25) is 11.2 Å². The van der Waals surface area contributed by atoms with Gasteiger partial charge >= 0.3 is 0 Å². The number of benzene rings is 2. The average Bonchev–Trinajstić information content (AvgIpc) is 2.53. The Kier molecular flexibility index (Phi) is 6.64. The quantitative estimate of drug-likeness (QED) is 0.361. The number of pyridine rings is 1. The van der Waals surface area contributed by atoms with E-state index in [1.165, 1.54) is 0 Å². The Morgan fingerprint density at radius 2 is 1.44 bits per heavy atom. The number of carbonyl (C=O) groups is 1. The predicted molar refractivity (Wildman–Crippen MR) is 86.3 cm³/mol. The summed E-state index contributed by atoms with van der Waals surface area (Å²) in [6.07, 6.45) is 2.81. The zero-order valence-corrected chi connectivity index (χ0v) is 16.3. The summed E-state index contributed by atoms with van der Waals surface area (Å²) < 4.78 is 38.0. The Morgan fingerprint density at radius 3 is 2.00 bits per heavy atom. The van der Waals surface area contributed by atoms with Gasteiger partial charge in [0.1, 0.15) is 0 Å². The molecule has 9 heteroatoms. The molecule has 25 heavy (non-hydrogen) atoms. The van der Waals surface area contributed by atoms with E-state index in [-0.39, 0.29) is 0 Å². The standard InChI is InChI=1S/C16H10Br2NO.ClHO4/c17-12-1-4-14(5-2-12)19-8-7-11(10-20)15-9-13(18)3-6-16(15)19;2-1(3,4)5/h1-10H;(H,2,3,4,5)/q+1;/p-1. The summed E-state index contributed by atoms with van der Waals surface area (Å²) in [6.45, 7) is 0. The maximum Gasteiger partial charge on any atom is 0.219 e. The van der Waals surface area contributed by atoms with Crippen molar-refractivity contribution in [1.29, 1.82) is 0 Å². The molecule has 3 rings (SSSR count). The molecule has 3 aromatic rings. The minimum atomic E-state index is -4.94. The van der Waals surface area contributed by atoms with Gasteiger partial charge in [-0.3, -0.25) is 4.79 Å². The molecule has 130 valence electrons. The third-order valence-electron chi connectivity index (χ3n) is 3.16. The SMILES string of the molecule is O=Cc1cc[n+](-c2ccc(Br)cc2)c2ccc(Br)cc12.[O-][Cl+3]([O-])([O-])[O-].